The van der Waals surface area contributed by atoms with E-state index in [-0.39, 0.29) is 18.6 Å². The second-order valence-electron chi connectivity index (χ2n) is 5.01. The number of β-amino-alcohol motifs (C(OH)–C–C–N with tert-alkyl or cyclic N) is 1. The van der Waals surface area contributed by atoms with E-state index in [1.807, 2.05) is 0 Å². The van der Waals surface area contributed by atoms with Crippen LogP contribution in [0.1, 0.15) is 19.8 Å². The third-order valence-corrected chi connectivity index (χ3v) is 3.14. The summed E-state index contributed by atoms with van der Waals surface area (Å²) in [5.74, 6) is -0.00921. The topological polar surface area (TPSA) is 61.8 Å². The summed E-state index contributed by atoms with van der Waals surface area (Å²) in [6.07, 6.45) is 2.17. The Hall–Kier alpha value is -0.650. The van der Waals surface area contributed by atoms with E-state index in [0.717, 1.165) is 25.9 Å². The average molecular weight is 228 g/mol. The highest BCUT2D eigenvalue weighted by molar-refractivity contribution is 5.78. The van der Waals surface area contributed by atoms with E-state index in [0.29, 0.717) is 13.1 Å². The van der Waals surface area contributed by atoms with Crippen molar-refractivity contribution in [1.29, 1.82) is 0 Å². The molecule has 0 unspecified atom stereocenters. The second-order valence-corrected chi connectivity index (χ2v) is 5.01. The number of hydrogen-bond donors (Lipinski definition) is 2. The minimum atomic E-state index is -0.690. The molecule has 2 N–H and O–H groups in total. The molecule has 2 saturated heterocycles. The summed E-state index contributed by atoms with van der Waals surface area (Å²) in [4.78, 5) is 13.3. The fourth-order valence-corrected chi connectivity index (χ4v) is 2.19. The number of nitrogens with one attached hydrogen (secondary N) is 1. The normalized spacial score (nSPS) is 25.2. The molecule has 0 aliphatic carbocycles. The van der Waals surface area contributed by atoms with Gasteiger partial charge in [-0.1, -0.05) is 0 Å². The molecular weight excluding hydrogens is 208 g/mol. The van der Waals surface area contributed by atoms with Gasteiger partial charge >= 0.3 is 0 Å². The molecule has 0 aromatic carbocycles. The first-order valence-corrected chi connectivity index (χ1v) is 5.89. The Morgan fingerprint density at radius 2 is 2.12 bits per heavy atom. The van der Waals surface area contributed by atoms with Crippen molar-refractivity contribution in [2.45, 2.75) is 31.5 Å². The minimum Gasteiger partial charge on any atom is -0.386 e. The van der Waals surface area contributed by atoms with Gasteiger partial charge in [0.15, 0.2) is 0 Å². The van der Waals surface area contributed by atoms with Crippen molar-refractivity contribution >= 4 is 5.91 Å². The summed E-state index contributed by atoms with van der Waals surface area (Å²) in [6, 6.07) is 0. The Morgan fingerprint density at radius 3 is 2.69 bits per heavy atom. The molecule has 2 heterocycles. The molecule has 16 heavy (non-hydrogen) atoms. The van der Waals surface area contributed by atoms with Crippen molar-refractivity contribution in [2.75, 3.05) is 32.8 Å². The molecule has 92 valence electrons. The van der Waals surface area contributed by atoms with Gasteiger partial charge < -0.3 is 20.1 Å². The van der Waals surface area contributed by atoms with Crippen molar-refractivity contribution in [3.63, 3.8) is 0 Å². The molecule has 0 bridgehead atoms. The first kappa shape index (κ1) is 11.8. The minimum absolute atomic E-state index is 0.00921. The second kappa shape index (κ2) is 4.69. The highest BCUT2D eigenvalue weighted by Crippen LogP contribution is 2.19. The van der Waals surface area contributed by atoms with Crippen LogP contribution >= 0.6 is 0 Å². The number of nitrogens with zero attached hydrogens (tertiary/aromatic N) is 1. The lowest BCUT2D eigenvalue weighted by atomic mass is 9.97. The summed E-state index contributed by atoms with van der Waals surface area (Å²) >= 11 is 0. The molecule has 2 aliphatic rings. The predicted molar refractivity (Wildman–Crippen MR) is 59.0 cm³/mol. The third-order valence-electron chi connectivity index (χ3n) is 3.14. The van der Waals surface area contributed by atoms with Crippen LogP contribution < -0.4 is 5.32 Å². The van der Waals surface area contributed by atoms with Gasteiger partial charge in [0.2, 0.25) is 5.91 Å². The molecular formula is C11H20N2O3. The number of carbonyl (C=O) groups is 1. The molecule has 1 amide bonds. The van der Waals surface area contributed by atoms with E-state index in [1.165, 1.54) is 0 Å². The van der Waals surface area contributed by atoms with Gasteiger partial charge in [0, 0.05) is 0 Å². The van der Waals surface area contributed by atoms with Crippen LogP contribution in [0.5, 0.6) is 0 Å². The zero-order chi connectivity index (χ0) is 11.6. The van der Waals surface area contributed by atoms with E-state index < -0.39 is 5.60 Å². The summed E-state index contributed by atoms with van der Waals surface area (Å²) in [5.41, 5.74) is -0.690. The van der Waals surface area contributed by atoms with Crippen LogP contribution in [0.15, 0.2) is 0 Å². The Bertz CT molecular complexity index is 254. The van der Waals surface area contributed by atoms with Crippen LogP contribution in [-0.2, 0) is 9.53 Å². The highest BCUT2D eigenvalue weighted by Gasteiger charge is 2.39. The number of amides is 1. The van der Waals surface area contributed by atoms with Crippen molar-refractivity contribution in [3.8, 4) is 0 Å². The zero-order valence-electron chi connectivity index (χ0n) is 9.74. The molecule has 0 atom stereocenters. The van der Waals surface area contributed by atoms with Gasteiger partial charge in [0.05, 0.1) is 24.8 Å². The van der Waals surface area contributed by atoms with Crippen LogP contribution in [0.2, 0.25) is 0 Å². The van der Waals surface area contributed by atoms with Crippen molar-refractivity contribution in [3.05, 3.63) is 0 Å². The zero-order valence-corrected chi connectivity index (χ0v) is 9.74. The molecule has 0 spiro atoms. The quantitative estimate of drug-likeness (QED) is 0.674. The van der Waals surface area contributed by atoms with Crippen LogP contribution in [0.3, 0.4) is 0 Å². The van der Waals surface area contributed by atoms with Gasteiger partial charge in [0.25, 0.3) is 0 Å². The molecule has 0 aromatic rings. The monoisotopic (exact) mass is 228 g/mol. The van der Waals surface area contributed by atoms with E-state index in [2.05, 4.69) is 5.32 Å². The van der Waals surface area contributed by atoms with Gasteiger partial charge in [0.1, 0.15) is 6.61 Å². The number of aliphatic hydroxyl groups is 1. The summed E-state index contributed by atoms with van der Waals surface area (Å²) < 4.78 is 5.56. The van der Waals surface area contributed by atoms with Gasteiger partial charge in [-0.2, -0.15) is 0 Å². The fourth-order valence-electron chi connectivity index (χ4n) is 2.19. The number of carbonyl (C=O) groups excluding carboxylic acids is 1. The maximum Gasteiger partial charge on any atom is 0.248 e. The number of hydrogen-bond acceptors (Lipinski definition) is 4. The standard InChI is InChI=1S/C11H20N2O3/c1-11(15)7-13(8-11)10(14)6-16-9-2-4-12-5-3-9/h9,12,15H,2-8H2,1H3. The lowest BCUT2D eigenvalue weighted by molar-refractivity contribution is -0.159. The lowest BCUT2D eigenvalue weighted by Crippen LogP contribution is -2.62. The van der Waals surface area contributed by atoms with Gasteiger partial charge in [-0.25, -0.2) is 0 Å². The number of piperidine rings is 1. The van der Waals surface area contributed by atoms with Crippen LogP contribution in [0.25, 0.3) is 0 Å². The molecule has 2 aliphatic heterocycles. The SMILES string of the molecule is CC1(O)CN(C(=O)COC2CCNCC2)C1. The van der Waals surface area contributed by atoms with Crippen LogP contribution in [0, 0.1) is 0 Å². The third kappa shape index (κ3) is 2.93. The Labute approximate surface area is 95.8 Å². The summed E-state index contributed by atoms with van der Waals surface area (Å²) in [6.45, 7) is 4.70. The Balaban J connectivity index is 1.64. The Kier molecular flexibility index (Phi) is 3.47. The number of likely N-dealkylation sites (tertiary alicyclic amines) is 1. The molecule has 5 nitrogen and oxygen atoms in total. The van der Waals surface area contributed by atoms with E-state index in [1.54, 1.807) is 11.8 Å². The molecule has 0 aromatic heterocycles. The smallest absolute Gasteiger partial charge is 0.248 e. The van der Waals surface area contributed by atoms with E-state index in [4.69, 9.17) is 4.74 Å². The first-order valence-electron chi connectivity index (χ1n) is 5.89. The van der Waals surface area contributed by atoms with Crippen LogP contribution in [0.4, 0.5) is 0 Å². The molecule has 0 radical (unpaired) electrons. The van der Waals surface area contributed by atoms with Crippen molar-refractivity contribution < 1.29 is 14.6 Å². The maximum absolute atomic E-state index is 11.6. The van der Waals surface area contributed by atoms with Gasteiger partial charge in [-0.15, -0.1) is 0 Å². The highest BCUT2D eigenvalue weighted by atomic mass is 16.5. The lowest BCUT2D eigenvalue weighted by Gasteiger charge is -2.44. The van der Waals surface area contributed by atoms with Crippen molar-refractivity contribution in [1.82, 2.24) is 10.2 Å². The summed E-state index contributed by atoms with van der Waals surface area (Å²) in [7, 11) is 0. The maximum atomic E-state index is 11.6. The fraction of sp³-hybridized carbons (Fsp3) is 0.909. The average Bonchev–Trinajstić information content (AvgIpc) is 2.24. The van der Waals surface area contributed by atoms with E-state index in [9.17, 15) is 9.90 Å². The molecule has 5 heteroatoms. The first-order chi connectivity index (χ1) is 7.57. The largest absolute Gasteiger partial charge is 0.386 e. The number of ether oxygens (including phenoxy) is 1. The molecule has 2 rings (SSSR count). The molecule has 2 fully saturated rings. The predicted octanol–water partition coefficient (Wildman–Crippen LogP) is -0.652. The van der Waals surface area contributed by atoms with Crippen LogP contribution in [-0.4, -0.2) is 60.4 Å². The van der Waals surface area contributed by atoms with Gasteiger partial charge in [-0.3, -0.25) is 4.79 Å². The van der Waals surface area contributed by atoms with Crippen molar-refractivity contribution in [2.24, 2.45) is 0 Å². The Morgan fingerprint density at radius 1 is 1.50 bits per heavy atom. The van der Waals surface area contributed by atoms with Gasteiger partial charge in [-0.05, 0) is 32.9 Å². The van der Waals surface area contributed by atoms with E-state index >= 15 is 0 Å². The molecule has 0 saturated carbocycles. The number of rotatable bonds is 3. The summed E-state index contributed by atoms with van der Waals surface area (Å²) in [5, 5.41) is 12.8.